The molecule has 1 heteroatoms. The summed E-state index contributed by atoms with van der Waals surface area (Å²) in [7, 11) is 0. The molecule has 1 aliphatic carbocycles. The van der Waals surface area contributed by atoms with Crippen molar-refractivity contribution in [1.29, 1.82) is 5.41 Å². The molecule has 1 rings (SSSR count). The highest BCUT2D eigenvalue weighted by molar-refractivity contribution is 5.97. The van der Waals surface area contributed by atoms with E-state index in [4.69, 9.17) is 5.41 Å². The van der Waals surface area contributed by atoms with Gasteiger partial charge < -0.3 is 5.41 Å². The predicted molar refractivity (Wildman–Crippen MR) is 46.6 cm³/mol. The van der Waals surface area contributed by atoms with Crippen molar-refractivity contribution in [2.45, 2.75) is 25.7 Å². The first-order chi connectivity index (χ1) is 4.80. The van der Waals surface area contributed by atoms with E-state index in [1.807, 2.05) is 0 Å². The van der Waals surface area contributed by atoms with Gasteiger partial charge >= 0.3 is 0 Å². The van der Waals surface area contributed by atoms with Crippen LogP contribution in [-0.2, 0) is 0 Å². The number of allylic oxidation sites excluding steroid dienone is 1. The summed E-state index contributed by atoms with van der Waals surface area (Å²) in [6.45, 7) is 9.77. The van der Waals surface area contributed by atoms with Gasteiger partial charge in [-0.05, 0) is 31.3 Å². The van der Waals surface area contributed by atoms with Gasteiger partial charge in [0, 0.05) is 5.71 Å². The quantitative estimate of drug-likeness (QED) is 0.496. The Labute approximate surface area is 63.0 Å². The van der Waals surface area contributed by atoms with E-state index in [1.54, 1.807) is 0 Å². The molecule has 0 aliphatic heterocycles. The standard InChI is InChI=1S/C7H11N.C2H4/c1-6-4-2-3-5-7(6)8;1-2/h8H,1-5H2;1-2H2. The third-order valence-electron chi connectivity index (χ3n) is 1.58. The Kier molecular flexibility index (Phi) is 4.55. The van der Waals surface area contributed by atoms with Gasteiger partial charge in [0.1, 0.15) is 0 Å². The zero-order chi connectivity index (χ0) is 7.98. The molecule has 1 aliphatic rings. The zero-order valence-corrected chi connectivity index (χ0v) is 6.45. The van der Waals surface area contributed by atoms with Gasteiger partial charge in [0.05, 0.1) is 0 Å². The van der Waals surface area contributed by atoms with E-state index in [9.17, 15) is 0 Å². The Balaban J connectivity index is 0.000000371. The molecule has 0 aromatic heterocycles. The summed E-state index contributed by atoms with van der Waals surface area (Å²) in [5, 5.41) is 7.30. The topological polar surface area (TPSA) is 23.9 Å². The van der Waals surface area contributed by atoms with Gasteiger partial charge in [-0.2, -0.15) is 0 Å². The average molecular weight is 137 g/mol. The molecule has 1 saturated carbocycles. The van der Waals surface area contributed by atoms with Crippen LogP contribution in [0.25, 0.3) is 0 Å². The minimum absolute atomic E-state index is 0.774. The third-order valence-corrected chi connectivity index (χ3v) is 1.58. The van der Waals surface area contributed by atoms with Crippen molar-refractivity contribution in [2.75, 3.05) is 0 Å². The van der Waals surface area contributed by atoms with Crippen LogP contribution in [0.15, 0.2) is 25.3 Å². The van der Waals surface area contributed by atoms with Crippen LogP contribution in [-0.4, -0.2) is 5.71 Å². The molecule has 0 heterocycles. The smallest absolute Gasteiger partial charge is 0.0339 e. The minimum atomic E-state index is 0.774. The first kappa shape index (κ1) is 9.15. The number of hydrogen-bond donors (Lipinski definition) is 1. The molecule has 0 unspecified atom stereocenters. The zero-order valence-electron chi connectivity index (χ0n) is 6.45. The fourth-order valence-corrected chi connectivity index (χ4v) is 0.968. The van der Waals surface area contributed by atoms with Gasteiger partial charge in [-0.3, -0.25) is 0 Å². The third kappa shape index (κ3) is 2.62. The Morgan fingerprint density at radius 1 is 1.10 bits per heavy atom. The maximum absolute atomic E-state index is 7.30. The predicted octanol–water partition coefficient (Wildman–Crippen LogP) is 2.94. The minimum Gasteiger partial charge on any atom is -0.305 e. The van der Waals surface area contributed by atoms with Crippen LogP contribution in [0.1, 0.15) is 25.7 Å². The Bertz CT molecular complexity index is 120. The van der Waals surface area contributed by atoms with E-state index >= 15 is 0 Å². The first-order valence-electron chi connectivity index (χ1n) is 3.56. The average Bonchev–Trinajstić information content (AvgIpc) is 2.00. The number of rotatable bonds is 0. The van der Waals surface area contributed by atoms with Crippen LogP contribution in [0.2, 0.25) is 0 Å². The molecule has 0 saturated heterocycles. The number of nitrogens with one attached hydrogen (secondary N) is 1. The monoisotopic (exact) mass is 137 g/mol. The molecular formula is C9H15N. The van der Waals surface area contributed by atoms with Crippen LogP contribution in [0, 0.1) is 5.41 Å². The van der Waals surface area contributed by atoms with E-state index in [1.165, 1.54) is 12.8 Å². The second kappa shape index (κ2) is 4.98. The lowest BCUT2D eigenvalue weighted by Gasteiger charge is -2.12. The van der Waals surface area contributed by atoms with Gasteiger partial charge in [0.2, 0.25) is 0 Å². The molecule has 0 aromatic rings. The van der Waals surface area contributed by atoms with Crippen LogP contribution >= 0.6 is 0 Å². The maximum atomic E-state index is 7.30. The van der Waals surface area contributed by atoms with E-state index in [2.05, 4.69) is 19.7 Å². The van der Waals surface area contributed by atoms with Crippen molar-refractivity contribution in [3.05, 3.63) is 25.3 Å². The summed E-state index contributed by atoms with van der Waals surface area (Å²) in [6.07, 6.45) is 4.44. The second-order valence-electron chi connectivity index (χ2n) is 2.29. The fraction of sp³-hybridized carbons (Fsp3) is 0.444. The highest BCUT2D eigenvalue weighted by atomic mass is 14.4. The van der Waals surface area contributed by atoms with E-state index < -0.39 is 0 Å². The highest BCUT2D eigenvalue weighted by Gasteiger charge is 2.07. The molecule has 1 nitrogen and oxygen atoms in total. The molecule has 10 heavy (non-hydrogen) atoms. The van der Waals surface area contributed by atoms with Crippen LogP contribution in [0.5, 0.6) is 0 Å². The van der Waals surface area contributed by atoms with E-state index in [0.29, 0.717) is 0 Å². The molecule has 0 radical (unpaired) electrons. The molecule has 0 bridgehead atoms. The van der Waals surface area contributed by atoms with Crippen LogP contribution in [0.3, 0.4) is 0 Å². The Morgan fingerprint density at radius 3 is 1.90 bits per heavy atom. The van der Waals surface area contributed by atoms with Crippen LogP contribution < -0.4 is 0 Å². The highest BCUT2D eigenvalue weighted by Crippen LogP contribution is 2.17. The number of hydrogen-bond acceptors (Lipinski definition) is 1. The van der Waals surface area contributed by atoms with Gasteiger partial charge in [0.25, 0.3) is 0 Å². The summed E-state index contributed by atoms with van der Waals surface area (Å²) >= 11 is 0. The van der Waals surface area contributed by atoms with E-state index in [-0.39, 0.29) is 0 Å². The normalized spacial score (nSPS) is 17.6. The molecule has 0 aromatic carbocycles. The van der Waals surface area contributed by atoms with Crippen molar-refractivity contribution in [3.63, 3.8) is 0 Å². The van der Waals surface area contributed by atoms with Gasteiger partial charge in [-0.25, -0.2) is 0 Å². The lowest BCUT2D eigenvalue weighted by atomic mass is 9.94. The largest absolute Gasteiger partial charge is 0.305 e. The lowest BCUT2D eigenvalue weighted by Crippen LogP contribution is -2.05. The van der Waals surface area contributed by atoms with Gasteiger partial charge in [-0.1, -0.05) is 6.58 Å². The van der Waals surface area contributed by atoms with Crippen molar-refractivity contribution < 1.29 is 0 Å². The molecule has 56 valence electrons. The second-order valence-corrected chi connectivity index (χ2v) is 2.29. The SMILES string of the molecule is C=C.C=C1CCCCC1=N. The first-order valence-corrected chi connectivity index (χ1v) is 3.56. The van der Waals surface area contributed by atoms with Gasteiger partial charge in [-0.15, -0.1) is 13.2 Å². The summed E-state index contributed by atoms with van der Waals surface area (Å²) in [4.78, 5) is 0. The molecule has 1 N–H and O–H groups in total. The van der Waals surface area contributed by atoms with Crippen LogP contribution in [0.4, 0.5) is 0 Å². The molecular weight excluding hydrogens is 122 g/mol. The van der Waals surface area contributed by atoms with Crippen molar-refractivity contribution >= 4 is 5.71 Å². The summed E-state index contributed by atoms with van der Waals surface area (Å²) in [6, 6.07) is 0. The molecule has 1 fully saturated rings. The molecule has 0 amide bonds. The summed E-state index contributed by atoms with van der Waals surface area (Å²) < 4.78 is 0. The van der Waals surface area contributed by atoms with Crippen molar-refractivity contribution in [2.24, 2.45) is 0 Å². The lowest BCUT2D eigenvalue weighted by molar-refractivity contribution is 0.732. The fourth-order valence-electron chi connectivity index (χ4n) is 0.968. The summed E-state index contributed by atoms with van der Waals surface area (Å²) in [5.41, 5.74) is 1.83. The van der Waals surface area contributed by atoms with Crippen molar-refractivity contribution in [1.82, 2.24) is 0 Å². The van der Waals surface area contributed by atoms with Crippen molar-refractivity contribution in [3.8, 4) is 0 Å². The Morgan fingerprint density at radius 2 is 1.60 bits per heavy atom. The molecule has 0 atom stereocenters. The Hall–Kier alpha value is -0.850. The van der Waals surface area contributed by atoms with Gasteiger partial charge in [0.15, 0.2) is 0 Å². The summed E-state index contributed by atoms with van der Waals surface area (Å²) in [5.74, 6) is 0. The maximum Gasteiger partial charge on any atom is 0.0339 e. The molecule has 0 spiro atoms. The van der Waals surface area contributed by atoms with E-state index in [0.717, 1.165) is 24.1 Å².